The number of aromatic hydroxyl groups is 1. The van der Waals surface area contributed by atoms with Crippen molar-refractivity contribution < 1.29 is 9.90 Å². The molecule has 3 rings (SSSR count). The Bertz CT molecular complexity index is 819. The summed E-state index contributed by atoms with van der Waals surface area (Å²) in [5.41, 5.74) is 2.13. The zero-order valence-electron chi connectivity index (χ0n) is 10.9. The summed E-state index contributed by atoms with van der Waals surface area (Å²) < 4.78 is 0.830. The zero-order valence-corrected chi connectivity index (χ0v) is 12.5. The van der Waals surface area contributed by atoms with Crippen LogP contribution in [0.5, 0.6) is 5.75 Å². The van der Waals surface area contributed by atoms with E-state index in [-0.39, 0.29) is 17.4 Å². The number of allylic oxidation sites excluding steroid dienone is 1. The van der Waals surface area contributed by atoms with Gasteiger partial charge in [0.05, 0.1) is 11.0 Å². The van der Waals surface area contributed by atoms with Crippen LogP contribution in [0, 0.1) is 0 Å². The van der Waals surface area contributed by atoms with E-state index in [1.54, 1.807) is 24.3 Å². The van der Waals surface area contributed by atoms with Crippen LogP contribution in [0.2, 0.25) is 0 Å². The Morgan fingerprint density at radius 2 is 2.05 bits per heavy atom. The Labute approximate surface area is 129 Å². The summed E-state index contributed by atoms with van der Waals surface area (Å²) in [6, 6.07) is 12.5. The first-order valence-corrected chi connectivity index (χ1v) is 7.08. The molecule has 0 unspecified atom stereocenters. The molecule has 0 aliphatic carbocycles. The van der Waals surface area contributed by atoms with Gasteiger partial charge in [-0.05, 0) is 42.5 Å². The van der Waals surface area contributed by atoms with Crippen molar-refractivity contribution in [2.75, 3.05) is 0 Å². The molecular weight excluding hydrogens is 332 g/mol. The topological polar surface area (TPSA) is 66.0 Å². The van der Waals surface area contributed by atoms with Gasteiger partial charge in [0.2, 0.25) is 5.78 Å². The summed E-state index contributed by atoms with van der Waals surface area (Å²) in [6.07, 6.45) is 2.95. The standard InChI is InChI=1S/C16H11BrN2O2/c17-11-6-8-14(20)10(9-11)5-7-15(21)16-18-12-3-1-2-4-13(12)19-16/h1-9,20H,(H,18,19)/b7-5+. The number of imidazole rings is 1. The maximum Gasteiger partial charge on any atom is 0.221 e. The van der Waals surface area contributed by atoms with E-state index in [0.717, 1.165) is 15.5 Å². The number of aromatic nitrogens is 2. The van der Waals surface area contributed by atoms with Gasteiger partial charge in [-0.15, -0.1) is 0 Å². The summed E-state index contributed by atoms with van der Waals surface area (Å²) in [5.74, 6) is 0.152. The number of hydrogen-bond donors (Lipinski definition) is 2. The van der Waals surface area contributed by atoms with E-state index >= 15 is 0 Å². The molecular formula is C16H11BrN2O2. The number of carbonyl (C=O) groups excluding carboxylic acids is 1. The molecule has 4 nitrogen and oxygen atoms in total. The van der Waals surface area contributed by atoms with Crippen molar-refractivity contribution in [3.63, 3.8) is 0 Å². The van der Waals surface area contributed by atoms with Crippen LogP contribution < -0.4 is 0 Å². The summed E-state index contributed by atoms with van der Waals surface area (Å²) in [6.45, 7) is 0. The summed E-state index contributed by atoms with van der Waals surface area (Å²) in [5, 5.41) is 9.73. The highest BCUT2D eigenvalue weighted by atomic mass is 79.9. The van der Waals surface area contributed by atoms with Crippen LogP contribution in [-0.4, -0.2) is 20.9 Å². The average molecular weight is 343 g/mol. The predicted octanol–water partition coefficient (Wildman–Crippen LogP) is 3.93. The first kappa shape index (κ1) is 13.6. The minimum absolute atomic E-state index is 0.117. The van der Waals surface area contributed by atoms with Crippen LogP contribution in [0.1, 0.15) is 16.2 Å². The average Bonchev–Trinajstić information content (AvgIpc) is 2.92. The van der Waals surface area contributed by atoms with Crippen LogP contribution in [0.3, 0.4) is 0 Å². The van der Waals surface area contributed by atoms with Crippen molar-refractivity contribution in [1.29, 1.82) is 0 Å². The van der Waals surface area contributed by atoms with Gasteiger partial charge in [0.15, 0.2) is 5.82 Å². The SMILES string of the molecule is O=C(/C=C/c1cc(Br)ccc1O)c1nc2ccccc2[nH]1. The quantitative estimate of drug-likeness (QED) is 0.559. The lowest BCUT2D eigenvalue weighted by Crippen LogP contribution is -1.96. The molecule has 0 amide bonds. The van der Waals surface area contributed by atoms with Crippen LogP contribution in [-0.2, 0) is 0 Å². The lowest BCUT2D eigenvalue weighted by Gasteiger charge is -1.98. The smallest absolute Gasteiger partial charge is 0.221 e. The highest BCUT2D eigenvalue weighted by Gasteiger charge is 2.08. The molecule has 0 spiro atoms. The highest BCUT2D eigenvalue weighted by molar-refractivity contribution is 9.10. The number of fused-ring (bicyclic) bond motifs is 1. The normalized spacial score (nSPS) is 11.3. The molecule has 3 aromatic rings. The van der Waals surface area contributed by atoms with E-state index in [1.165, 1.54) is 6.08 Å². The molecule has 104 valence electrons. The number of H-pyrrole nitrogens is 1. The number of ketones is 1. The molecule has 0 aliphatic rings. The Morgan fingerprint density at radius 1 is 1.24 bits per heavy atom. The first-order valence-electron chi connectivity index (χ1n) is 6.29. The van der Waals surface area contributed by atoms with E-state index in [1.807, 2.05) is 24.3 Å². The largest absolute Gasteiger partial charge is 0.507 e. The Kier molecular flexibility index (Phi) is 3.58. The molecule has 5 heteroatoms. The maximum atomic E-state index is 12.1. The Hall–Kier alpha value is -2.40. The number of aromatic amines is 1. The molecule has 1 heterocycles. The number of carbonyl (C=O) groups is 1. The van der Waals surface area contributed by atoms with Gasteiger partial charge < -0.3 is 10.1 Å². The molecule has 0 saturated carbocycles. The molecule has 2 N–H and O–H groups in total. The molecule has 1 aromatic heterocycles. The van der Waals surface area contributed by atoms with E-state index in [2.05, 4.69) is 25.9 Å². The van der Waals surface area contributed by atoms with Crippen LogP contribution in [0.15, 0.2) is 53.0 Å². The number of nitrogens with one attached hydrogen (secondary N) is 1. The first-order chi connectivity index (χ1) is 10.1. The lowest BCUT2D eigenvalue weighted by molar-refractivity contribution is 0.103. The van der Waals surface area contributed by atoms with Gasteiger partial charge in [-0.3, -0.25) is 4.79 Å². The Morgan fingerprint density at radius 3 is 2.86 bits per heavy atom. The second kappa shape index (κ2) is 5.54. The Balaban J connectivity index is 1.88. The fourth-order valence-electron chi connectivity index (χ4n) is 1.97. The maximum absolute atomic E-state index is 12.1. The molecule has 0 saturated heterocycles. The molecule has 0 aliphatic heterocycles. The van der Waals surface area contributed by atoms with Gasteiger partial charge in [-0.1, -0.05) is 28.1 Å². The van der Waals surface area contributed by atoms with Crippen molar-refractivity contribution in [2.45, 2.75) is 0 Å². The number of halogens is 1. The molecule has 0 fully saturated rings. The van der Waals surface area contributed by atoms with Gasteiger partial charge in [0, 0.05) is 10.0 Å². The number of rotatable bonds is 3. The van der Waals surface area contributed by atoms with Gasteiger partial charge in [0.1, 0.15) is 5.75 Å². The number of phenolic OH excluding ortho intramolecular Hbond substituents is 1. The van der Waals surface area contributed by atoms with Gasteiger partial charge >= 0.3 is 0 Å². The van der Waals surface area contributed by atoms with Crippen LogP contribution >= 0.6 is 15.9 Å². The van der Waals surface area contributed by atoms with Gasteiger partial charge in [0.25, 0.3) is 0 Å². The lowest BCUT2D eigenvalue weighted by atomic mass is 10.1. The molecule has 2 aromatic carbocycles. The molecule has 21 heavy (non-hydrogen) atoms. The second-order valence-corrected chi connectivity index (χ2v) is 5.42. The second-order valence-electron chi connectivity index (χ2n) is 4.50. The third-order valence-corrected chi connectivity index (χ3v) is 3.52. The van der Waals surface area contributed by atoms with E-state index in [9.17, 15) is 9.90 Å². The van der Waals surface area contributed by atoms with Gasteiger partial charge in [-0.2, -0.15) is 0 Å². The van der Waals surface area contributed by atoms with Crippen molar-refractivity contribution in [1.82, 2.24) is 9.97 Å². The third kappa shape index (κ3) is 2.87. The predicted molar refractivity (Wildman–Crippen MR) is 85.3 cm³/mol. The molecule has 0 radical (unpaired) electrons. The van der Waals surface area contributed by atoms with E-state index < -0.39 is 0 Å². The van der Waals surface area contributed by atoms with E-state index in [4.69, 9.17) is 0 Å². The minimum Gasteiger partial charge on any atom is -0.507 e. The van der Waals surface area contributed by atoms with E-state index in [0.29, 0.717) is 5.56 Å². The van der Waals surface area contributed by atoms with Crippen LogP contribution in [0.4, 0.5) is 0 Å². The van der Waals surface area contributed by atoms with Crippen molar-refractivity contribution in [2.24, 2.45) is 0 Å². The summed E-state index contributed by atoms with van der Waals surface area (Å²) in [7, 11) is 0. The number of para-hydroxylation sites is 2. The van der Waals surface area contributed by atoms with Gasteiger partial charge in [-0.25, -0.2) is 4.98 Å². The summed E-state index contributed by atoms with van der Waals surface area (Å²) in [4.78, 5) is 19.3. The fraction of sp³-hybridized carbons (Fsp3) is 0. The highest BCUT2D eigenvalue weighted by Crippen LogP contribution is 2.23. The van der Waals surface area contributed by atoms with Crippen molar-refractivity contribution >= 4 is 38.8 Å². The minimum atomic E-state index is -0.245. The molecule has 0 bridgehead atoms. The number of hydrogen-bond acceptors (Lipinski definition) is 3. The number of phenols is 1. The zero-order chi connectivity index (χ0) is 14.8. The fourth-order valence-corrected chi connectivity index (χ4v) is 2.35. The molecule has 0 atom stereocenters. The van der Waals surface area contributed by atoms with Crippen LogP contribution in [0.25, 0.3) is 17.1 Å². The number of nitrogens with zero attached hydrogens (tertiary/aromatic N) is 1. The van der Waals surface area contributed by atoms with Crippen molar-refractivity contribution in [3.05, 3.63) is 64.4 Å². The van der Waals surface area contributed by atoms with Crippen molar-refractivity contribution in [3.8, 4) is 5.75 Å². The monoisotopic (exact) mass is 342 g/mol. The number of benzene rings is 2. The summed E-state index contributed by atoms with van der Waals surface area (Å²) >= 11 is 3.32. The third-order valence-electron chi connectivity index (χ3n) is 3.03.